The predicted octanol–water partition coefficient (Wildman–Crippen LogP) is 0.627. The van der Waals surface area contributed by atoms with Crippen LogP contribution in [0.4, 0.5) is 0 Å². The Hall–Kier alpha value is -1.63. The number of ether oxygens (including phenoxy) is 1. The Kier molecular flexibility index (Phi) is 5.16. The second kappa shape index (κ2) is 7.55. The summed E-state index contributed by atoms with van der Waals surface area (Å²) < 4.78 is 5.48. The number of carbonyl (C=O) groups is 3. The molecule has 7 heteroatoms. The smallest absolute Gasteiger partial charge is 0.251 e. The SMILES string of the molecule is O=C(C1CC(=O)N(C2CCCC2)C1)N1CCN(C(=O)C2CCCO2)CC1. The minimum absolute atomic E-state index is 0.0676. The van der Waals surface area contributed by atoms with E-state index in [1.54, 1.807) is 0 Å². The van der Waals surface area contributed by atoms with E-state index in [0.29, 0.717) is 51.8 Å². The molecule has 0 bridgehead atoms. The quantitative estimate of drug-likeness (QED) is 0.737. The van der Waals surface area contributed by atoms with Gasteiger partial charge in [-0.05, 0) is 25.7 Å². The third-order valence-corrected chi connectivity index (χ3v) is 6.38. The molecule has 2 unspecified atom stereocenters. The van der Waals surface area contributed by atoms with Gasteiger partial charge in [-0.2, -0.15) is 0 Å². The van der Waals surface area contributed by atoms with E-state index in [1.165, 1.54) is 12.8 Å². The zero-order chi connectivity index (χ0) is 18.1. The number of rotatable bonds is 3. The van der Waals surface area contributed by atoms with Gasteiger partial charge in [0.2, 0.25) is 11.8 Å². The van der Waals surface area contributed by atoms with E-state index in [4.69, 9.17) is 4.74 Å². The summed E-state index contributed by atoms with van der Waals surface area (Å²) in [4.78, 5) is 43.2. The fourth-order valence-corrected chi connectivity index (χ4v) is 4.85. The third-order valence-electron chi connectivity index (χ3n) is 6.38. The molecule has 0 aromatic heterocycles. The van der Waals surface area contributed by atoms with Gasteiger partial charge in [-0.1, -0.05) is 12.8 Å². The maximum Gasteiger partial charge on any atom is 0.251 e. The summed E-state index contributed by atoms with van der Waals surface area (Å²) in [7, 11) is 0. The largest absolute Gasteiger partial charge is 0.368 e. The van der Waals surface area contributed by atoms with Gasteiger partial charge < -0.3 is 19.4 Å². The molecule has 3 aliphatic heterocycles. The van der Waals surface area contributed by atoms with E-state index in [9.17, 15) is 14.4 Å². The van der Waals surface area contributed by atoms with Crippen LogP contribution in [0, 0.1) is 5.92 Å². The molecule has 0 aromatic carbocycles. The van der Waals surface area contributed by atoms with Crippen molar-refractivity contribution in [1.82, 2.24) is 14.7 Å². The van der Waals surface area contributed by atoms with Crippen molar-refractivity contribution in [2.75, 3.05) is 39.3 Å². The Morgan fingerprint density at radius 1 is 0.885 bits per heavy atom. The van der Waals surface area contributed by atoms with Crippen LogP contribution in [0.2, 0.25) is 0 Å². The molecule has 0 N–H and O–H groups in total. The zero-order valence-corrected chi connectivity index (χ0v) is 15.4. The second-order valence-electron chi connectivity index (χ2n) is 8.04. The highest BCUT2D eigenvalue weighted by Crippen LogP contribution is 2.30. The van der Waals surface area contributed by atoms with E-state index in [0.717, 1.165) is 25.7 Å². The van der Waals surface area contributed by atoms with Gasteiger partial charge in [-0.15, -0.1) is 0 Å². The minimum Gasteiger partial charge on any atom is -0.368 e. The Morgan fingerprint density at radius 3 is 2.15 bits per heavy atom. The number of amides is 3. The molecule has 4 aliphatic rings. The molecule has 144 valence electrons. The van der Waals surface area contributed by atoms with Crippen molar-refractivity contribution in [3.8, 4) is 0 Å². The van der Waals surface area contributed by atoms with E-state index >= 15 is 0 Å². The summed E-state index contributed by atoms with van der Waals surface area (Å²) in [5, 5.41) is 0. The number of hydrogen-bond acceptors (Lipinski definition) is 4. The molecule has 1 aliphatic carbocycles. The topological polar surface area (TPSA) is 70.2 Å². The van der Waals surface area contributed by atoms with Crippen LogP contribution in [0.1, 0.15) is 44.9 Å². The zero-order valence-electron chi connectivity index (χ0n) is 15.4. The molecule has 4 rings (SSSR count). The number of likely N-dealkylation sites (tertiary alicyclic amines) is 1. The molecule has 26 heavy (non-hydrogen) atoms. The maximum atomic E-state index is 12.9. The van der Waals surface area contributed by atoms with Gasteiger partial charge in [0.25, 0.3) is 5.91 Å². The van der Waals surface area contributed by atoms with E-state index in [-0.39, 0.29) is 29.7 Å². The van der Waals surface area contributed by atoms with Gasteiger partial charge in [0.05, 0.1) is 5.92 Å². The maximum absolute atomic E-state index is 12.9. The highest BCUT2D eigenvalue weighted by Gasteiger charge is 2.41. The van der Waals surface area contributed by atoms with Crippen LogP contribution in [0.3, 0.4) is 0 Å². The van der Waals surface area contributed by atoms with Crippen molar-refractivity contribution in [3.05, 3.63) is 0 Å². The normalized spacial score (nSPS) is 30.5. The highest BCUT2D eigenvalue weighted by molar-refractivity contribution is 5.89. The van der Waals surface area contributed by atoms with Gasteiger partial charge in [-0.3, -0.25) is 14.4 Å². The van der Waals surface area contributed by atoms with E-state index in [2.05, 4.69) is 0 Å². The lowest BCUT2D eigenvalue weighted by atomic mass is 10.1. The molecule has 3 heterocycles. The van der Waals surface area contributed by atoms with Crippen LogP contribution in [-0.4, -0.2) is 83.9 Å². The van der Waals surface area contributed by atoms with Gasteiger partial charge in [0, 0.05) is 51.8 Å². The average Bonchev–Trinajstić information content (AvgIpc) is 3.41. The van der Waals surface area contributed by atoms with Crippen molar-refractivity contribution in [2.24, 2.45) is 5.92 Å². The minimum atomic E-state index is -0.287. The number of carbonyl (C=O) groups excluding carboxylic acids is 3. The van der Waals surface area contributed by atoms with E-state index in [1.807, 2.05) is 14.7 Å². The fraction of sp³-hybridized carbons (Fsp3) is 0.842. The lowest BCUT2D eigenvalue weighted by Crippen LogP contribution is -2.54. The first-order valence-corrected chi connectivity index (χ1v) is 10.1. The molecule has 3 amide bonds. The number of piperazine rings is 1. The lowest BCUT2D eigenvalue weighted by Gasteiger charge is -2.36. The molecule has 0 aromatic rings. The van der Waals surface area contributed by atoms with E-state index < -0.39 is 0 Å². The standard InChI is InChI=1S/C19H29N3O4/c23-17-12-14(13-22(17)15-4-1-2-5-15)18(24)20-7-9-21(10-8-20)19(25)16-6-3-11-26-16/h14-16H,1-13H2. The molecular formula is C19H29N3O4. The Bertz CT molecular complexity index is 561. The first-order chi connectivity index (χ1) is 12.6. The van der Waals surface area contributed by atoms with Crippen molar-refractivity contribution < 1.29 is 19.1 Å². The highest BCUT2D eigenvalue weighted by atomic mass is 16.5. The van der Waals surface area contributed by atoms with Crippen molar-refractivity contribution in [2.45, 2.75) is 57.1 Å². The monoisotopic (exact) mass is 363 g/mol. The summed E-state index contributed by atoms with van der Waals surface area (Å²) in [5.74, 6) is 0.0899. The van der Waals surface area contributed by atoms with Gasteiger partial charge in [0.15, 0.2) is 0 Å². The first-order valence-electron chi connectivity index (χ1n) is 10.1. The summed E-state index contributed by atoms with van der Waals surface area (Å²) in [6.45, 7) is 3.51. The summed E-state index contributed by atoms with van der Waals surface area (Å²) in [6.07, 6.45) is 6.35. The number of nitrogens with zero attached hydrogens (tertiary/aromatic N) is 3. The molecule has 3 saturated heterocycles. The molecule has 7 nitrogen and oxygen atoms in total. The molecule has 4 fully saturated rings. The molecule has 0 spiro atoms. The van der Waals surface area contributed by atoms with Crippen molar-refractivity contribution in [1.29, 1.82) is 0 Å². The third kappa shape index (κ3) is 3.46. The van der Waals surface area contributed by atoms with Crippen LogP contribution in [0.15, 0.2) is 0 Å². The Labute approximate surface area is 154 Å². The number of hydrogen-bond donors (Lipinski definition) is 0. The molecule has 1 saturated carbocycles. The van der Waals surface area contributed by atoms with Gasteiger partial charge >= 0.3 is 0 Å². The summed E-state index contributed by atoms with van der Waals surface area (Å²) in [6, 6.07) is 0.348. The average molecular weight is 363 g/mol. The summed E-state index contributed by atoms with van der Waals surface area (Å²) in [5.41, 5.74) is 0. The van der Waals surface area contributed by atoms with Crippen LogP contribution < -0.4 is 0 Å². The van der Waals surface area contributed by atoms with Crippen LogP contribution in [0.5, 0.6) is 0 Å². The lowest BCUT2D eigenvalue weighted by molar-refractivity contribution is -0.147. The van der Waals surface area contributed by atoms with Crippen LogP contribution in [0.25, 0.3) is 0 Å². The molecular weight excluding hydrogens is 334 g/mol. The van der Waals surface area contributed by atoms with Crippen LogP contribution in [-0.2, 0) is 19.1 Å². The molecule has 0 radical (unpaired) electrons. The Balaban J connectivity index is 1.28. The van der Waals surface area contributed by atoms with Crippen molar-refractivity contribution >= 4 is 17.7 Å². The fourth-order valence-electron chi connectivity index (χ4n) is 4.85. The van der Waals surface area contributed by atoms with Gasteiger partial charge in [-0.25, -0.2) is 0 Å². The predicted molar refractivity (Wildman–Crippen MR) is 94.2 cm³/mol. The Morgan fingerprint density at radius 2 is 1.54 bits per heavy atom. The van der Waals surface area contributed by atoms with Gasteiger partial charge in [0.1, 0.15) is 6.10 Å². The summed E-state index contributed by atoms with van der Waals surface area (Å²) >= 11 is 0. The first kappa shape index (κ1) is 17.8. The van der Waals surface area contributed by atoms with Crippen LogP contribution >= 0.6 is 0 Å². The second-order valence-corrected chi connectivity index (χ2v) is 8.04. The van der Waals surface area contributed by atoms with Crippen molar-refractivity contribution in [3.63, 3.8) is 0 Å². The molecule has 2 atom stereocenters.